The van der Waals surface area contributed by atoms with E-state index in [0.717, 1.165) is 10.5 Å². The van der Waals surface area contributed by atoms with Crippen LogP contribution in [0.5, 0.6) is 0 Å². The maximum atomic E-state index is 12.9. The minimum Gasteiger partial charge on any atom is -0.205 e. The highest BCUT2D eigenvalue weighted by Crippen LogP contribution is 2.28. The van der Waals surface area contributed by atoms with Crippen molar-refractivity contribution in [2.45, 2.75) is 11.8 Å². The number of hydrogen-bond donors (Lipinski definition) is 0. The van der Waals surface area contributed by atoms with Gasteiger partial charge in [0, 0.05) is 4.90 Å². The third kappa shape index (κ3) is 1.88. The number of halogens is 2. The molecule has 60 valence electrons. The van der Waals surface area contributed by atoms with Crippen molar-refractivity contribution in [2.75, 3.05) is 6.26 Å². The molecule has 0 bridgehead atoms. The van der Waals surface area contributed by atoms with Gasteiger partial charge in [0.2, 0.25) is 0 Å². The predicted octanol–water partition coefficient (Wildman–Crippen LogP) is 3.51. The second-order valence-electron chi connectivity index (χ2n) is 2.26. The maximum Gasteiger partial charge on any atom is 0.143 e. The van der Waals surface area contributed by atoms with Gasteiger partial charge in [-0.2, -0.15) is 0 Å². The summed E-state index contributed by atoms with van der Waals surface area (Å²) in [5.41, 5.74) is 0.899. The number of aryl methyl sites for hydroxylation is 1. The van der Waals surface area contributed by atoms with Crippen molar-refractivity contribution in [3.05, 3.63) is 28.5 Å². The monoisotopic (exact) mass is 190 g/mol. The van der Waals surface area contributed by atoms with Crippen LogP contribution in [0.2, 0.25) is 5.02 Å². The van der Waals surface area contributed by atoms with Crippen LogP contribution in [0.4, 0.5) is 4.39 Å². The first-order chi connectivity index (χ1) is 5.15. The molecule has 11 heavy (non-hydrogen) atoms. The van der Waals surface area contributed by atoms with Crippen LogP contribution in [-0.2, 0) is 0 Å². The zero-order valence-electron chi connectivity index (χ0n) is 6.32. The lowest BCUT2D eigenvalue weighted by atomic mass is 10.2. The highest BCUT2D eigenvalue weighted by molar-refractivity contribution is 7.98. The fraction of sp³-hybridized carbons (Fsp3) is 0.250. The predicted molar refractivity (Wildman–Crippen MR) is 47.9 cm³/mol. The van der Waals surface area contributed by atoms with E-state index in [4.69, 9.17) is 11.6 Å². The average Bonchev–Trinajstić information content (AvgIpc) is 1.96. The summed E-state index contributed by atoms with van der Waals surface area (Å²) in [5.74, 6) is -0.337. The van der Waals surface area contributed by atoms with Gasteiger partial charge >= 0.3 is 0 Å². The van der Waals surface area contributed by atoms with E-state index in [2.05, 4.69) is 0 Å². The topological polar surface area (TPSA) is 0 Å². The lowest BCUT2D eigenvalue weighted by Crippen LogP contribution is -1.82. The van der Waals surface area contributed by atoms with Crippen LogP contribution in [-0.4, -0.2) is 6.26 Å². The molecule has 3 heteroatoms. The molecule has 0 aliphatic heterocycles. The number of benzene rings is 1. The van der Waals surface area contributed by atoms with Gasteiger partial charge in [0.05, 0.1) is 5.02 Å². The van der Waals surface area contributed by atoms with Gasteiger partial charge in [0.1, 0.15) is 5.82 Å². The van der Waals surface area contributed by atoms with E-state index in [9.17, 15) is 4.39 Å². The molecular formula is C8H8ClFS. The quantitative estimate of drug-likeness (QED) is 0.611. The van der Waals surface area contributed by atoms with Crippen molar-refractivity contribution in [3.8, 4) is 0 Å². The number of thioether (sulfide) groups is 1. The minimum atomic E-state index is -0.337. The van der Waals surface area contributed by atoms with Crippen LogP contribution in [0.15, 0.2) is 17.0 Å². The summed E-state index contributed by atoms with van der Waals surface area (Å²) < 4.78 is 12.9. The first kappa shape index (κ1) is 8.88. The SMILES string of the molecule is CSc1cc(C)cc(F)c1Cl. The van der Waals surface area contributed by atoms with E-state index in [1.54, 1.807) is 0 Å². The van der Waals surface area contributed by atoms with E-state index in [0.29, 0.717) is 0 Å². The van der Waals surface area contributed by atoms with Gasteiger partial charge in [0.25, 0.3) is 0 Å². The molecule has 0 heterocycles. The van der Waals surface area contributed by atoms with Gasteiger partial charge in [-0.05, 0) is 30.9 Å². The molecule has 0 fully saturated rings. The fourth-order valence-electron chi connectivity index (χ4n) is 0.841. The summed E-state index contributed by atoms with van der Waals surface area (Å²) in [6, 6.07) is 3.30. The fourth-order valence-corrected chi connectivity index (χ4v) is 1.76. The minimum absolute atomic E-state index is 0.225. The van der Waals surface area contributed by atoms with Crippen LogP contribution >= 0.6 is 23.4 Å². The number of rotatable bonds is 1. The third-order valence-electron chi connectivity index (χ3n) is 1.36. The first-order valence-electron chi connectivity index (χ1n) is 3.15. The molecular weight excluding hydrogens is 183 g/mol. The Bertz CT molecular complexity index is 273. The van der Waals surface area contributed by atoms with E-state index < -0.39 is 0 Å². The van der Waals surface area contributed by atoms with Gasteiger partial charge < -0.3 is 0 Å². The normalized spacial score (nSPS) is 10.2. The second-order valence-corrected chi connectivity index (χ2v) is 3.49. The van der Waals surface area contributed by atoms with E-state index in [-0.39, 0.29) is 10.8 Å². The van der Waals surface area contributed by atoms with Crippen molar-refractivity contribution in [1.29, 1.82) is 0 Å². The summed E-state index contributed by atoms with van der Waals surface area (Å²) in [5, 5.41) is 0.225. The van der Waals surface area contributed by atoms with E-state index in [1.165, 1.54) is 17.8 Å². The van der Waals surface area contributed by atoms with Gasteiger partial charge in [0.15, 0.2) is 0 Å². The molecule has 1 aromatic rings. The van der Waals surface area contributed by atoms with Crippen LogP contribution in [0.1, 0.15) is 5.56 Å². The Morgan fingerprint density at radius 1 is 1.45 bits per heavy atom. The summed E-state index contributed by atoms with van der Waals surface area (Å²) in [7, 11) is 0. The number of hydrogen-bond acceptors (Lipinski definition) is 1. The molecule has 0 aliphatic rings. The molecule has 0 nitrogen and oxygen atoms in total. The standard InChI is InChI=1S/C8H8ClFS/c1-5-3-6(10)8(9)7(4-5)11-2/h3-4H,1-2H3. The Labute approximate surface area is 74.8 Å². The zero-order chi connectivity index (χ0) is 8.43. The van der Waals surface area contributed by atoms with Crippen LogP contribution in [0.25, 0.3) is 0 Å². The second kappa shape index (κ2) is 3.46. The van der Waals surface area contributed by atoms with Crippen molar-refractivity contribution >= 4 is 23.4 Å². The van der Waals surface area contributed by atoms with Gasteiger partial charge in [-0.15, -0.1) is 11.8 Å². The van der Waals surface area contributed by atoms with Gasteiger partial charge in [-0.25, -0.2) is 4.39 Å². The third-order valence-corrected chi connectivity index (χ3v) is 2.62. The Balaban J connectivity index is 3.24. The summed E-state index contributed by atoms with van der Waals surface area (Å²) in [4.78, 5) is 0.796. The molecule has 0 saturated carbocycles. The zero-order valence-corrected chi connectivity index (χ0v) is 7.89. The maximum absolute atomic E-state index is 12.9. The smallest absolute Gasteiger partial charge is 0.143 e. The summed E-state index contributed by atoms with van der Waals surface area (Å²) >= 11 is 7.12. The molecule has 0 unspecified atom stereocenters. The van der Waals surface area contributed by atoms with Crippen molar-refractivity contribution < 1.29 is 4.39 Å². The first-order valence-corrected chi connectivity index (χ1v) is 4.75. The van der Waals surface area contributed by atoms with Crippen molar-refractivity contribution in [3.63, 3.8) is 0 Å². The van der Waals surface area contributed by atoms with Gasteiger partial charge in [-0.3, -0.25) is 0 Å². The van der Waals surface area contributed by atoms with Crippen LogP contribution < -0.4 is 0 Å². The van der Waals surface area contributed by atoms with Crippen LogP contribution in [0.3, 0.4) is 0 Å². The molecule has 1 rings (SSSR count). The van der Waals surface area contributed by atoms with Crippen molar-refractivity contribution in [2.24, 2.45) is 0 Å². The summed E-state index contributed by atoms with van der Waals surface area (Å²) in [6.07, 6.45) is 1.88. The van der Waals surface area contributed by atoms with E-state index in [1.807, 2.05) is 19.2 Å². The van der Waals surface area contributed by atoms with E-state index >= 15 is 0 Å². The Morgan fingerprint density at radius 2 is 2.09 bits per heavy atom. The van der Waals surface area contributed by atoms with Crippen molar-refractivity contribution in [1.82, 2.24) is 0 Å². The van der Waals surface area contributed by atoms with Gasteiger partial charge in [-0.1, -0.05) is 11.6 Å². The molecule has 0 radical (unpaired) electrons. The average molecular weight is 191 g/mol. The Morgan fingerprint density at radius 3 is 2.64 bits per heavy atom. The molecule has 0 atom stereocenters. The molecule has 0 aliphatic carbocycles. The Kier molecular flexibility index (Phi) is 2.79. The molecule has 0 N–H and O–H groups in total. The highest BCUT2D eigenvalue weighted by atomic mass is 35.5. The lowest BCUT2D eigenvalue weighted by Gasteiger charge is -2.02. The molecule has 0 amide bonds. The largest absolute Gasteiger partial charge is 0.205 e. The Hall–Kier alpha value is -0.210. The highest BCUT2D eigenvalue weighted by Gasteiger charge is 2.05. The molecule has 0 saturated heterocycles. The summed E-state index contributed by atoms with van der Waals surface area (Å²) in [6.45, 7) is 1.85. The van der Waals surface area contributed by atoms with Crippen LogP contribution in [0, 0.1) is 12.7 Å². The molecule has 0 aromatic heterocycles. The lowest BCUT2D eigenvalue weighted by molar-refractivity contribution is 0.623. The molecule has 0 spiro atoms. The molecule has 1 aromatic carbocycles.